The Labute approximate surface area is 185 Å². The number of aryl methyl sites for hydroxylation is 1. The summed E-state index contributed by atoms with van der Waals surface area (Å²) in [5.74, 6) is -0.721. The molecule has 0 saturated heterocycles. The quantitative estimate of drug-likeness (QED) is 0.528. The molecule has 0 aliphatic carbocycles. The van der Waals surface area contributed by atoms with E-state index >= 15 is 0 Å². The minimum absolute atomic E-state index is 0.0662. The Morgan fingerprint density at radius 3 is 2.53 bits per heavy atom. The van der Waals surface area contributed by atoms with Gasteiger partial charge in [-0.15, -0.1) is 0 Å². The van der Waals surface area contributed by atoms with E-state index in [4.69, 9.17) is 5.73 Å². The molecule has 1 aromatic heterocycles. The normalized spacial score (nSPS) is 10.4. The van der Waals surface area contributed by atoms with E-state index in [0.29, 0.717) is 36.3 Å². The third-order valence-corrected chi connectivity index (χ3v) is 4.84. The number of amides is 2. The summed E-state index contributed by atoms with van der Waals surface area (Å²) < 4.78 is 14.6. The molecular formula is C23H23FN6O2. The van der Waals surface area contributed by atoms with Gasteiger partial charge in [0, 0.05) is 19.2 Å². The highest BCUT2D eigenvalue weighted by molar-refractivity contribution is 5.96. The van der Waals surface area contributed by atoms with Crippen molar-refractivity contribution in [2.45, 2.75) is 12.8 Å². The zero-order valence-electron chi connectivity index (χ0n) is 17.6. The highest BCUT2D eigenvalue weighted by atomic mass is 19.1. The number of hydrogen-bond donors (Lipinski definition) is 2. The van der Waals surface area contributed by atoms with Crippen molar-refractivity contribution in [1.82, 2.24) is 20.0 Å². The molecule has 2 amide bonds. The number of rotatable bonds is 8. The zero-order valence-corrected chi connectivity index (χ0v) is 17.6. The number of nitrogen functional groups attached to an aromatic ring is 1. The molecular weight excluding hydrogens is 411 g/mol. The van der Waals surface area contributed by atoms with Gasteiger partial charge in [0.2, 0.25) is 5.91 Å². The number of carbonyl (C=O) groups excluding carboxylic acids is 2. The van der Waals surface area contributed by atoms with Gasteiger partial charge < -0.3 is 16.0 Å². The van der Waals surface area contributed by atoms with Crippen LogP contribution in [0.3, 0.4) is 0 Å². The molecule has 0 aliphatic rings. The van der Waals surface area contributed by atoms with Crippen molar-refractivity contribution >= 4 is 17.6 Å². The minimum atomic E-state index is -0.382. The largest absolute Gasteiger partial charge is 0.382 e. The highest BCUT2D eigenvalue weighted by Crippen LogP contribution is 2.21. The SMILES string of the molecule is CN(CC(=O)NCCCc1nn(-c2ccc(F)cc2)c(N)c1C#N)C(=O)c1ccccc1. The van der Waals surface area contributed by atoms with Crippen molar-refractivity contribution in [1.29, 1.82) is 5.26 Å². The van der Waals surface area contributed by atoms with Gasteiger partial charge in [-0.1, -0.05) is 18.2 Å². The summed E-state index contributed by atoms with van der Waals surface area (Å²) in [6, 6.07) is 16.4. The number of carbonyl (C=O) groups is 2. The Hall–Kier alpha value is -4.19. The smallest absolute Gasteiger partial charge is 0.254 e. The van der Waals surface area contributed by atoms with Gasteiger partial charge in [0.25, 0.3) is 5.91 Å². The molecule has 0 atom stereocenters. The van der Waals surface area contributed by atoms with E-state index in [-0.39, 0.29) is 35.6 Å². The van der Waals surface area contributed by atoms with Crippen LogP contribution in [0.4, 0.5) is 10.2 Å². The second-order valence-electron chi connectivity index (χ2n) is 7.19. The van der Waals surface area contributed by atoms with Crippen molar-refractivity contribution in [3.63, 3.8) is 0 Å². The summed E-state index contributed by atoms with van der Waals surface area (Å²) >= 11 is 0. The topological polar surface area (TPSA) is 117 Å². The first-order valence-electron chi connectivity index (χ1n) is 10.0. The molecule has 9 heteroatoms. The number of anilines is 1. The molecule has 8 nitrogen and oxygen atoms in total. The first-order valence-corrected chi connectivity index (χ1v) is 10.0. The number of nitriles is 1. The number of halogens is 1. The molecule has 3 rings (SSSR count). The van der Waals surface area contributed by atoms with E-state index in [0.717, 1.165) is 0 Å². The van der Waals surface area contributed by atoms with Gasteiger partial charge in [0.05, 0.1) is 17.9 Å². The average molecular weight is 434 g/mol. The first-order chi connectivity index (χ1) is 15.4. The van der Waals surface area contributed by atoms with E-state index in [9.17, 15) is 19.2 Å². The summed E-state index contributed by atoms with van der Waals surface area (Å²) in [7, 11) is 1.57. The lowest BCUT2D eigenvalue weighted by atomic mass is 10.1. The van der Waals surface area contributed by atoms with E-state index in [1.165, 1.54) is 33.8 Å². The van der Waals surface area contributed by atoms with Crippen molar-refractivity contribution in [2.75, 3.05) is 25.9 Å². The molecule has 3 N–H and O–H groups in total. The van der Waals surface area contributed by atoms with Crippen LogP contribution in [0.2, 0.25) is 0 Å². The summed E-state index contributed by atoms with van der Waals surface area (Å²) in [4.78, 5) is 25.8. The number of hydrogen-bond acceptors (Lipinski definition) is 5. The Balaban J connectivity index is 1.52. The average Bonchev–Trinajstić information content (AvgIpc) is 3.12. The van der Waals surface area contributed by atoms with Crippen LogP contribution >= 0.6 is 0 Å². The van der Waals surface area contributed by atoms with Crippen LogP contribution in [0.25, 0.3) is 5.69 Å². The number of nitrogens with one attached hydrogen (secondary N) is 1. The number of aromatic nitrogens is 2. The van der Waals surface area contributed by atoms with Gasteiger partial charge in [0.15, 0.2) is 0 Å². The molecule has 0 unspecified atom stereocenters. The molecule has 0 spiro atoms. The molecule has 0 aliphatic heterocycles. The van der Waals surface area contributed by atoms with E-state index < -0.39 is 0 Å². The molecule has 164 valence electrons. The summed E-state index contributed by atoms with van der Waals surface area (Å²) in [5, 5.41) is 16.6. The lowest BCUT2D eigenvalue weighted by molar-refractivity contribution is -0.121. The molecule has 1 heterocycles. The van der Waals surface area contributed by atoms with Crippen molar-refractivity contribution < 1.29 is 14.0 Å². The standard InChI is InChI=1S/C23H23FN6O2/c1-29(23(32)16-6-3-2-4-7-16)15-21(31)27-13-5-8-20-19(14-25)22(26)30(28-20)18-11-9-17(24)10-12-18/h2-4,6-7,9-12H,5,8,13,15,26H2,1H3,(H,27,31). The van der Waals surface area contributed by atoms with Crippen molar-refractivity contribution in [3.05, 3.63) is 77.2 Å². The monoisotopic (exact) mass is 434 g/mol. The fourth-order valence-electron chi connectivity index (χ4n) is 3.18. The van der Waals surface area contributed by atoms with Crippen LogP contribution in [0.15, 0.2) is 54.6 Å². The summed E-state index contributed by atoms with van der Waals surface area (Å²) in [6.07, 6.45) is 0.941. The Kier molecular flexibility index (Phi) is 7.18. The van der Waals surface area contributed by atoms with Gasteiger partial charge in [-0.25, -0.2) is 9.07 Å². The van der Waals surface area contributed by atoms with Gasteiger partial charge in [-0.3, -0.25) is 9.59 Å². The lowest BCUT2D eigenvalue weighted by Crippen LogP contribution is -2.38. The van der Waals surface area contributed by atoms with Crippen LogP contribution < -0.4 is 11.1 Å². The van der Waals surface area contributed by atoms with E-state index in [1.54, 1.807) is 31.3 Å². The van der Waals surface area contributed by atoms with E-state index in [2.05, 4.69) is 16.5 Å². The number of benzene rings is 2. The molecule has 0 fully saturated rings. The van der Waals surface area contributed by atoms with Crippen molar-refractivity contribution in [2.24, 2.45) is 0 Å². The van der Waals surface area contributed by atoms with Gasteiger partial charge in [0.1, 0.15) is 23.3 Å². The maximum atomic E-state index is 13.2. The Morgan fingerprint density at radius 2 is 1.88 bits per heavy atom. The second kappa shape index (κ2) is 10.2. The molecule has 0 saturated carbocycles. The van der Waals surface area contributed by atoms with Crippen molar-refractivity contribution in [3.8, 4) is 11.8 Å². The molecule has 3 aromatic rings. The maximum absolute atomic E-state index is 13.2. The Bertz CT molecular complexity index is 1140. The predicted molar refractivity (Wildman–Crippen MR) is 117 cm³/mol. The Morgan fingerprint density at radius 1 is 1.19 bits per heavy atom. The van der Waals surface area contributed by atoms with Gasteiger partial charge in [-0.2, -0.15) is 10.4 Å². The number of nitrogens with two attached hydrogens (primary N) is 1. The minimum Gasteiger partial charge on any atom is -0.382 e. The fourth-order valence-corrected chi connectivity index (χ4v) is 3.18. The highest BCUT2D eigenvalue weighted by Gasteiger charge is 2.17. The summed E-state index contributed by atoms with van der Waals surface area (Å²) in [5.41, 5.74) is 7.87. The molecule has 32 heavy (non-hydrogen) atoms. The maximum Gasteiger partial charge on any atom is 0.254 e. The zero-order chi connectivity index (χ0) is 23.1. The summed E-state index contributed by atoms with van der Waals surface area (Å²) in [6.45, 7) is 0.281. The van der Waals surface area contributed by atoms with Crippen LogP contribution in [-0.2, 0) is 11.2 Å². The molecule has 2 aromatic carbocycles. The second-order valence-corrected chi connectivity index (χ2v) is 7.19. The van der Waals surface area contributed by atoms with Crippen LogP contribution in [-0.4, -0.2) is 46.6 Å². The third kappa shape index (κ3) is 5.29. The third-order valence-electron chi connectivity index (χ3n) is 4.84. The van der Waals surface area contributed by atoms with Gasteiger partial charge >= 0.3 is 0 Å². The first kappa shape index (κ1) is 22.5. The lowest BCUT2D eigenvalue weighted by Gasteiger charge is -2.16. The predicted octanol–water partition coefficient (Wildman–Crippen LogP) is 2.29. The number of nitrogens with zero attached hydrogens (tertiary/aromatic N) is 4. The molecule has 0 radical (unpaired) electrons. The van der Waals surface area contributed by atoms with E-state index in [1.807, 2.05) is 6.07 Å². The van der Waals surface area contributed by atoms with Crippen LogP contribution in [0, 0.1) is 17.1 Å². The number of likely N-dealkylation sites (N-methyl/N-ethyl adjacent to an activating group) is 1. The fraction of sp³-hybridized carbons (Fsp3) is 0.217. The van der Waals surface area contributed by atoms with Gasteiger partial charge in [-0.05, 0) is 49.2 Å². The molecule has 0 bridgehead atoms. The van der Waals surface area contributed by atoms with Crippen LogP contribution in [0.5, 0.6) is 0 Å². The van der Waals surface area contributed by atoms with Crippen LogP contribution in [0.1, 0.15) is 28.0 Å².